The zero-order valence-electron chi connectivity index (χ0n) is 14.7. The first-order valence-corrected chi connectivity index (χ1v) is 10.2. The van der Waals surface area contributed by atoms with E-state index in [1.54, 1.807) is 13.3 Å². The summed E-state index contributed by atoms with van der Waals surface area (Å²) in [7, 11) is -0.908. The summed E-state index contributed by atoms with van der Waals surface area (Å²) in [5.41, 5.74) is 1.85. The molecule has 3 aromatic rings. The van der Waals surface area contributed by atoms with E-state index in [2.05, 4.69) is 9.35 Å². The number of para-hydroxylation sites is 1. The zero-order chi connectivity index (χ0) is 18.2. The Hall–Kier alpha value is -2.66. The van der Waals surface area contributed by atoms with Crippen molar-refractivity contribution in [1.29, 1.82) is 0 Å². The van der Waals surface area contributed by atoms with Gasteiger partial charge in [0.05, 0.1) is 29.1 Å². The van der Waals surface area contributed by atoms with Gasteiger partial charge in [0.1, 0.15) is 5.75 Å². The molecule has 1 atom stereocenters. The van der Waals surface area contributed by atoms with E-state index in [1.807, 2.05) is 72.8 Å². The van der Waals surface area contributed by atoms with Gasteiger partial charge < -0.3 is 4.74 Å². The predicted octanol–water partition coefficient (Wildman–Crippen LogP) is 4.36. The molecule has 0 amide bonds. The average Bonchev–Trinajstić information content (AvgIpc) is 2.72. The molecule has 5 heteroatoms. The topological polar surface area (TPSA) is 51.5 Å². The summed E-state index contributed by atoms with van der Waals surface area (Å²) in [6.07, 6.45) is 2.35. The zero-order valence-corrected chi connectivity index (χ0v) is 15.6. The van der Waals surface area contributed by atoms with Gasteiger partial charge >= 0.3 is 0 Å². The molecule has 0 aliphatic rings. The van der Waals surface area contributed by atoms with Crippen molar-refractivity contribution < 1.29 is 8.95 Å². The van der Waals surface area contributed by atoms with Crippen LogP contribution in [0.25, 0.3) is 0 Å². The van der Waals surface area contributed by atoms with Crippen molar-refractivity contribution in [2.75, 3.05) is 12.9 Å². The molecule has 1 unspecified atom stereocenters. The number of benzene rings is 2. The Morgan fingerprint density at radius 3 is 2.42 bits per heavy atom. The molecule has 0 aliphatic carbocycles. The summed E-state index contributed by atoms with van der Waals surface area (Å²) < 4.78 is 23.7. The van der Waals surface area contributed by atoms with Gasteiger partial charge in [-0.05, 0) is 42.3 Å². The molecule has 0 bridgehead atoms. The van der Waals surface area contributed by atoms with Crippen molar-refractivity contribution in [1.82, 2.24) is 4.98 Å². The first-order chi connectivity index (χ1) is 12.7. The van der Waals surface area contributed by atoms with Crippen LogP contribution in [-0.2, 0) is 22.7 Å². The van der Waals surface area contributed by atoms with Gasteiger partial charge in [-0.2, -0.15) is 0 Å². The van der Waals surface area contributed by atoms with Crippen LogP contribution in [0.15, 0.2) is 88.3 Å². The van der Waals surface area contributed by atoms with Gasteiger partial charge in [-0.25, -0.2) is 8.57 Å². The number of aromatic nitrogens is 1. The number of methoxy groups -OCH3 is 1. The van der Waals surface area contributed by atoms with Crippen LogP contribution in [0.4, 0.5) is 0 Å². The molecule has 1 heterocycles. The van der Waals surface area contributed by atoms with Crippen LogP contribution in [0.2, 0.25) is 0 Å². The van der Waals surface area contributed by atoms with E-state index < -0.39 is 9.73 Å². The highest BCUT2D eigenvalue weighted by atomic mass is 32.2. The molecule has 26 heavy (non-hydrogen) atoms. The molecule has 1 aromatic heterocycles. The minimum Gasteiger partial charge on any atom is -0.496 e. The van der Waals surface area contributed by atoms with Crippen molar-refractivity contribution >= 4 is 9.73 Å². The van der Waals surface area contributed by atoms with E-state index in [-0.39, 0.29) is 0 Å². The maximum atomic E-state index is 13.7. The lowest BCUT2D eigenvalue weighted by atomic mass is 10.1. The lowest BCUT2D eigenvalue weighted by molar-refractivity contribution is 0.410. The number of hydrogen-bond acceptors (Lipinski definition) is 4. The molecule has 3 rings (SSSR count). The Kier molecular flexibility index (Phi) is 6.02. The Bertz CT molecular complexity index is 950. The van der Waals surface area contributed by atoms with Crippen LogP contribution in [0.3, 0.4) is 0 Å². The smallest absolute Gasteiger partial charge is 0.122 e. The van der Waals surface area contributed by atoms with Gasteiger partial charge in [-0.1, -0.05) is 42.5 Å². The second-order valence-electron chi connectivity index (χ2n) is 5.83. The van der Waals surface area contributed by atoms with Crippen LogP contribution >= 0.6 is 0 Å². The van der Waals surface area contributed by atoms with Gasteiger partial charge in [0.15, 0.2) is 0 Å². The fraction of sp³-hybridized carbons (Fsp3) is 0.190. The van der Waals surface area contributed by atoms with Gasteiger partial charge in [0.2, 0.25) is 0 Å². The SMILES string of the molecule is COc1ccccc1CCS(=O)(=NCc1ccccn1)c1ccccc1. The van der Waals surface area contributed by atoms with Crippen molar-refractivity contribution in [3.8, 4) is 5.75 Å². The van der Waals surface area contributed by atoms with Crippen molar-refractivity contribution in [2.24, 2.45) is 4.36 Å². The number of pyridine rings is 1. The molecule has 4 nitrogen and oxygen atoms in total. The lowest BCUT2D eigenvalue weighted by Gasteiger charge is -2.13. The Morgan fingerprint density at radius 1 is 0.962 bits per heavy atom. The number of ether oxygens (including phenoxy) is 1. The minimum absolute atomic E-state index is 0.334. The van der Waals surface area contributed by atoms with E-state index in [0.29, 0.717) is 18.7 Å². The van der Waals surface area contributed by atoms with Crippen LogP contribution in [-0.4, -0.2) is 22.1 Å². The molecule has 134 valence electrons. The van der Waals surface area contributed by atoms with Crippen LogP contribution in [0.1, 0.15) is 11.3 Å². The van der Waals surface area contributed by atoms with Crippen molar-refractivity contribution in [3.05, 3.63) is 90.3 Å². The first-order valence-electron chi connectivity index (χ1n) is 8.49. The van der Waals surface area contributed by atoms with Crippen LogP contribution < -0.4 is 4.74 Å². The summed E-state index contributed by atoms with van der Waals surface area (Å²) in [5.74, 6) is 1.25. The normalized spacial score (nSPS) is 13.0. The number of hydrogen-bond donors (Lipinski definition) is 0. The monoisotopic (exact) mass is 366 g/mol. The van der Waals surface area contributed by atoms with Crippen molar-refractivity contribution in [2.45, 2.75) is 17.9 Å². The van der Waals surface area contributed by atoms with Gasteiger partial charge in [-0.3, -0.25) is 4.98 Å². The summed E-state index contributed by atoms with van der Waals surface area (Å²) in [5, 5.41) is 0. The molecule has 0 radical (unpaired) electrons. The number of rotatable bonds is 7. The average molecular weight is 366 g/mol. The van der Waals surface area contributed by atoms with Crippen LogP contribution in [0, 0.1) is 0 Å². The second-order valence-corrected chi connectivity index (χ2v) is 8.25. The van der Waals surface area contributed by atoms with E-state index in [1.165, 1.54) is 0 Å². The highest BCUT2D eigenvalue weighted by molar-refractivity contribution is 7.93. The van der Waals surface area contributed by atoms with E-state index in [9.17, 15) is 4.21 Å². The Morgan fingerprint density at radius 2 is 1.69 bits per heavy atom. The summed E-state index contributed by atoms with van der Waals surface area (Å²) in [6.45, 7) is 0.334. The highest BCUT2D eigenvalue weighted by Gasteiger charge is 2.14. The summed E-state index contributed by atoms with van der Waals surface area (Å²) in [6, 6.07) is 23.0. The fourth-order valence-corrected chi connectivity index (χ4v) is 4.64. The van der Waals surface area contributed by atoms with E-state index >= 15 is 0 Å². The quantitative estimate of drug-likeness (QED) is 0.624. The maximum absolute atomic E-state index is 13.7. The van der Waals surface area contributed by atoms with Gasteiger partial charge in [-0.15, -0.1) is 0 Å². The molecule has 0 fully saturated rings. The third-order valence-electron chi connectivity index (χ3n) is 4.11. The lowest BCUT2D eigenvalue weighted by Crippen LogP contribution is -2.10. The van der Waals surface area contributed by atoms with Crippen molar-refractivity contribution in [3.63, 3.8) is 0 Å². The fourth-order valence-electron chi connectivity index (χ4n) is 2.71. The highest BCUT2D eigenvalue weighted by Crippen LogP contribution is 2.22. The molecule has 0 aliphatic heterocycles. The minimum atomic E-state index is -2.56. The third kappa shape index (κ3) is 4.49. The molecule has 0 N–H and O–H groups in total. The van der Waals surface area contributed by atoms with E-state index in [4.69, 9.17) is 4.74 Å². The standard InChI is InChI=1S/C21H22N2O2S/c1-25-21-13-6-5-9-18(21)14-16-26(24,20-11-3-2-4-12-20)23-17-19-10-7-8-15-22-19/h2-13,15H,14,16-17H2,1H3. The molecule has 0 spiro atoms. The molecule has 0 saturated carbocycles. The third-order valence-corrected chi connectivity index (χ3v) is 6.43. The second kappa shape index (κ2) is 8.63. The molecular formula is C21H22N2O2S. The van der Waals surface area contributed by atoms with E-state index in [0.717, 1.165) is 21.9 Å². The maximum Gasteiger partial charge on any atom is 0.122 e. The number of nitrogens with zero attached hydrogens (tertiary/aromatic N) is 2. The van der Waals surface area contributed by atoms with Crippen LogP contribution in [0.5, 0.6) is 5.75 Å². The summed E-state index contributed by atoms with van der Waals surface area (Å²) >= 11 is 0. The van der Waals surface area contributed by atoms with Gasteiger partial charge in [0, 0.05) is 16.8 Å². The first kappa shape index (κ1) is 18.1. The van der Waals surface area contributed by atoms with Gasteiger partial charge in [0.25, 0.3) is 0 Å². The Labute approximate surface area is 155 Å². The summed E-state index contributed by atoms with van der Waals surface area (Å²) in [4.78, 5) is 5.04. The molecular weight excluding hydrogens is 344 g/mol. The molecule has 0 saturated heterocycles. The predicted molar refractivity (Wildman–Crippen MR) is 105 cm³/mol. The largest absolute Gasteiger partial charge is 0.496 e. The Balaban J connectivity index is 1.90. The number of aryl methyl sites for hydroxylation is 1. The molecule has 2 aromatic carbocycles.